The van der Waals surface area contributed by atoms with Crippen molar-refractivity contribution in [1.29, 1.82) is 0 Å². The Labute approximate surface area is 390 Å². The number of unbranched alkanes of at least 4 members (excludes halogenated alkanes) is 30. The molecule has 6 nitrogen and oxygen atoms in total. The molecule has 0 heterocycles. The fraction of sp³-hybridized carbons (Fsp3) is 0.807. The van der Waals surface area contributed by atoms with Gasteiger partial charge in [0, 0.05) is 19.3 Å². The highest BCUT2D eigenvalue weighted by Crippen LogP contribution is 2.16. The first-order valence-electron chi connectivity index (χ1n) is 27.1. The van der Waals surface area contributed by atoms with Crippen molar-refractivity contribution in [3.8, 4) is 0 Å². The normalized spacial score (nSPS) is 12.4. The summed E-state index contributed by atoms with van der Waals surface area (Å²) in [7, 11) is 0. The number of hydrogen-bond donors (Lipinski definition) is 0. The van der Waals surface area contributed by atoms with Crippen molar-refractivity contribution in [1.82, 2.24) is 0 Å². The summed E-state index contributed by atoms with van der Waals surface area (Å²) in [5.41, 5.74) is 0. The molecule has 366 valence electrons. The van der Waals surface area contributed by atoms with Crippen LogP contribution >= 0.6 is 0 Å². The van der Waals surface area contributed by atoms with Crippen LogP contribution in [0.2, 0.25) is 0 Å². The van der Waals surface area contributed by atoms with Gasteiger partial charge < -0.3 is 14.2 Å². The average Bonchev–Trinajstić information content (AvgIpc) is 3.28. The van der Waals surface area contributed by atoms with E-state index in [1.165, 1.54) is 141 Å². The van der Waals surface area contributed by atoms with Gasteiger partial charge >= 0.3 is 17.9 Å². The third-order valence-corrected chi connectivity index (χ3v) is 11.8. The van der Waals surface area contributed by atoms with E-state index >= 15 is 0 Å². The summed E-state index contributed by atoms with van der Waals surface area (Å²) in [6, 6.07) is 0. The molecule has 1 unspecified atom stereocenters. The molecule has 1 atom stereocenters. The van der Waals surface area contributed by atoms with Gasteiger partial charge in [0.1, 0.15) is 13.2 Å². The van der Waals surface area contributed by atoms with Crippen LogP contribution in [0.5, 0.6) is 0 Å². The van der Waals surface area contributed by atoms with Crippen molar-refractivity contribution >= 4 is 17.9 Å². The lowest BCUT2D eigenvalue weighted by Crippen LogP contribution is -2.30. The maximum absolute atomic E-state index is 12.8. The first-order chi connectivity index (χ1) is 31.0. The first kappa shape index (κ1) is 60.4. The zero-order valence-corrected chi connectivity index (χ0v) is 41.8. The Morgan fingerprint density at radius 3 is 0.984 bits per heavy atom. The summed E-state index contributed by atoms with van der Waals surface area (Å²) in [4.78, 5) is 38.0. The molecule has 0 saturated carbocycles. The van der Waals surface area contributed by atoms with Crippen molar-refractivity contribution in [2.45, 2.75) is 284 Å². The molecule has 0 saturated heterocycles. The third kappa shape index (κ3) is 50.2. The van der Waals surface area contributed by atoms with E-state index in [0.29, 0.717) is 19.3 Å². The first-order valence-corrected chi connectivity index (χ1v) is 27.1. The van der Waals surface area contributed by atoms with Gasteiger partial charge in [-0.1, -0.05) is 230 Å². The van der Waals surface area contributed by atoms with Crippen LogP contribution in [-0.4, -0.2) is 37.2 Å². The molecule has 0 amide bonds. The van der Waals surface area contributed by atoms with Gasteiger partial charge in [0.15, 0.2) is 6.10 Å². The summed E-state index contributed by atoms with van der Waals surface area (Å²) in [5, 5.41) is 0. The molecule has 0 aromatic rings. The summed E-state index contributed by atoms with van der Waals surface area (Å²) < 4.78 is 16.8. The number of rotatable bonds is 49. The Balaban J connectivity index is 4.36. The van der Waals surface area contributed by atoms with Crippen molar-refractivity contribution in [2.24, 2.45) is 0 Å². The summed E-state index contributed by atoms with van der Waals surface area (Å²) >= 11 is 0. The number of allylic oxidation sites excluding steroid dienone is 8. The van der Waals surface area contributed by atoms with E-state index in [9.17, 15) is 14.4 Å². The van der Waals surface area contributed by atoms with Crippen LogP contribution < -0.4 is 0 Å². The van der Waals surface area contributed by atoms with Gasteiger partial charge in [-0.3, -0.25) is 14.4 Å². The second kappa shape index (κ2) is 52.0. The molecule has 0 bridgehead atoms. The lowest BCUT2D eigenvalue weighted by molar-refractivity contribution is -0.167. The molecule has 0 rings (SSSR count). The Kier molecular flexibility index (Phi) is 49.8. The van der Waals surface area contributed by atoms with E-state index < -0.39 is 6.10 Å². The topological polar surface area (TPSA) is 78.9 Å². The molecule has 0 aliphatic rings. The van der Waals surface area contributed by atoms with Gasteiger partial charge in [-0.05, 0) is 77.0 Å². The molecular weight excluding hydrogens is 781 g/mol. The fourth-order valence-electron chi connectivity index (χ4n) is 7.75. The van der Waals surface area contributed by atoms with E-state index in [2.05, 4.69) is 69.4 Å². The number of carbonyl (C=O) groups is 3. The van der Waals surface area contributed by atoms with Crippen LogP contribution in [-0.2, 0) is 28.6 Å². The lowest BCUT2D eigenvalue weighted by atomic mass is 10.0. The molecule has 0 aliphatic heterocycles. The fourth-order valence-corrected chi connectivity index (χ4v) is 7.75. The predicted molar refractivity (Wildman–Crippen MR) is 270 cm³/mol. The van der Waals surface area contributed by atoms with Crippen LogP contribution in [0.25, 0.3) is 0 Å². The molecule has 0 radical (unpaired) electrons. The SMILES string of the molecule is CC/C=C\C/C=C\CCCCCCCC(=O)OCC(COC(=O)CCCCCCCCC/C=C\C/C=C\CCCCC)OC(=O)CCCCCCCCCCCCCCCCCC. The molecule has 0 aromatic carbocycles. The number of esters is 3. The van der Waals surface area contributed by atoms with Crippen molar-refractivity contribution in [2.75, 3.05) is 13.2 Å². The molecule has 0 spiro atoms. The van der Waals surface area contributed by atoms with Gasteiger partial charge in [0.2, 0.25) is 0 Å². The lowest BCUT2D eigenvalue weighted by Gasteiger charge is -2.18. The van der Waals surface area contributed by atoms with E-state index in [1.807, 2.05) is 0 Å². The minimum atomic E-state index is -0.779. The smallest absolute Gasteiger partial charge is 0.306 e. The molecular formula is C57H102O6. The second-order valence-electron chi connectivity index (χ2n) is 18.1. The molecule has 0 aromatic heterocycles. The molecule has 0 N–H and O–H groups in total. The van der Waals surface area contributed by atoms with E-state index in [1.54, 1.807) is 0 Å². The third-order valence-electron chi connectivity index (χ3n) is 11.8. The summed E-state index contributed by atoms with van der Waals surface area (Å²) in [5.74, 6) is -0.890. The highest BCUT2D eigenvalue weighted by molar-refractivity contribution is 5.71. The quantitative estimate of drug-likeness (QED) is 0.0262. The van der Waals surface area contributed by atoms with Crippen LogP contribution in [0.1, 0.15) is 278 Å². The van der Waals surface area contributed by atoms with Crippen LogP contribution in [0, 0.1) is 0 Å². The average molecular weight is 883 g/mol. The van der Waals surface area contributed by atoms with Gasteiger partial charge in [-0.2, -0.15) is 0 Å². The van der Waals surface area contributed by atoms with E-state index in [4.69, 9.17) is 14.2 Å². The minimum Gasteiger partial charge on any atom is -0.462 e. The largest absolute Gasteiger partial charge is 0.462 e. The van der Waals surface area contributed by atoms with Crippen molar-refractivity contribution in [3.05, 3.63) is 48.6 Å². The summed E-state index contributed by atoms with van der Waals surface area (Å²) in [6.45, 7) is 6.51. The Morgan fingerprint density at radius 1 is 0.333 bits per heavy atom. The summed E-state index contributed by atoms with van der Waals surface area (Å²) in [6.07, 6.45) is 62.4. The van der Waals surface area contributed by atoms with E-state index in [0.717, 1.165) is 96.3 Å². The number of ether oxygens (including phenoxy) is 3. The zero-order chi connectivity index (χ0) is 45.8. The maximum atomic E-state index is 12.8. The molecule has 0 aliphatic carbocycles. The minimum absolute atomic E-state index is 0.0795. The Morgan fingerprint density at radius 2 is 0.619 bits per heavy atom. The van der Waals surface area contributed by atoms with Crippen molar-refractivity contribution in [3.63, 3.8) is 0 Å². The maximum Gasteiger partial charge on any atom is 0.306 e. The van der Waals surface area contributed by atoms with Crippen LogP contribution in [0.4, 0.5) is 0 Å². The molecule has 63 heavy (non-hydrogen) atoms. The highest BCUT2D eigenvalue weighted by Gasteiger charge is 2.19. The van der Waals surface area contributed by atoms with Crippen LogP contribution in [0.15, 0.2) is 48.6 Å². The van der Waals surface area contributed by atoms with Gasteiger partial charge in [0.05, 0.1) is 0 Å². The second-order valence-corrected chi connectivity index (χ2v) is 18.1. The zero-order valence-electron chi connectivity index (χ0n) is 41.8. The number of carbonyl (C=O) groups excluding carboxylic acids is 3. The van der Waals surface area contributed by atoms with Crippen LogP contribution in [0.3, 0.4) is 0 Å². The highest BCUT2D eigenvalue weighted by atomic mass is 16.6. The number of hydrogen-bond acceptors (Lipinski definition) is 6. The van der Waals surface area contributed by atoms with Gasteiger partial charge in [-0.25, -0.2) is 0 Å². The Bertz CT molecular complexity index is 1110. The Hall–Kier alpha value is -2.63. The van der Waals surface area contributed by atoms with Gasteiger partial charge in [0.25, 0.3) is 0 Å². The standard InChI is InChI=1S/C57H102O6/c1-4-7-10-13-16-19-22-25-27-29-31-32-35-38-41-44-47-50-56(59)62-53-54(52-61-55(58)49-46-43-40-37-34-24-21-18-15-12-9-6-3)63-57(60)51-48-45-42-39-36-33-30-28-26-23-20-17-14-11-8-5-2/h9,12,16,18-19,21,25,27,54H,4-8,10-11,13-15,17,20,22-24,26,28-53H2,1-3H3/b12-9-,19-16-,21-18-,27-25-. The van der Waals surface area contributed by atoms with Crippen molar-refractivity contribution < 1.29 is 28.6 Å². The monoisotopic (exact) mass is 883 g/mol. The molecule has 0 fully saturated rings. The predicted octanol–water partition coefficient (Wildman–Crippen LogP) is 17.9. The molecule has 6 heteroatoms. The van der Waals surface area contributed by atoms with E-state index in [-0.39, 0.29) is 31.1 Å². The van der Waals surface area contributed by atoms with Gasteiger partial charge in [-0.15, -0.1) is 0 Å².